The number of carbonyl (C=O) groups is 1. The SMILES string of the molecule is O=C(c1cc(C(F)(F)F)cc(C(F)(F)F)c1)N1C2CCC1CC(Oc1cccnc1)C2. The molecule has 1 amide bonds. The van der Waals surface area contributed by atoms with Gasteiger partial charge < -0.3 is 9.64 Å². The predicted octanol–water partition coefficient (Wildman–Crippen LogP) is 5.33. The molecule has 31 heavy (non-hydrogen) atoms. The number of halogens is 6. The van der Waals surface area contributed by atoms with Gasteiger partial charge >= 0.3 is 12.4 Å². The summed E-state index contributed by atoms with van der Waals surface area (Å²) in [4.78, 5) is 18.4. The van der Waals surface area contributed by atoms with E-state index < -0.39 is 35.0 Å². The summed E-state index contributed by atoms with van der Waals surface area (Å²) in [6.07, 6.45) is -4.92. The number of piperidine rings is 1. The van der Waals surface area contributed by atoms with Crippen LogP contribution < -0.4 is 4.74 Å². The summed E-state index contributed by atoms with van der Waals surface area (Å²) < 4.78 is 84.8. The fourth-order valence-electron chi connectivity index (χ4n) is 4.39. The average Bonchev–Trinajstić information content (AvgIpc) is 2.97. The number of fused-ring (bicyclic) bond motifs is 2. The van der Waals surface area contributed by atoms with Crippen molar-refractivity contribution in [3.8, 4) is 5.75 Å². The number of carbonyl (C=O) groups excluding carboxylic acids is 1. The number of pyridine rings is 1. The van der Waals surface area contributed by atoms with Gasteiger partial charge in [0.05, 0.1) is 17.3 Å². The van der Waals surface area contributed by atoms with Gasteiger partial charge in [-0.1, -0.05) is 0 Å². The Kier molecular flexibility index (Phi) is 5.35. The molecule has 3 heterocycles. The maximum Gasteiger partial charge on any atom is 0.416 e. The molecule has 2 bridgehead atoms. The Morgan fingerprint density at radius 1 is 0.968 bits per heavy atom. The topological polar surface area (TPSA) is 42.4 Å². The van der Waals surface area contributed by atoms with Gasteiger partial charge in [0.2, 0.25) is 0 Å². The molecular weight excluding hydrogens is 426 g/mol. The predicted molar refractivity (Wildman–Crippen MR) is 97.3 cm³/mol. The van der Waals surface area contributed by atoms with Crippen LogP contribution in [0.25, 0.3) is 0 Å². The summed E-state index contributed by atoms with van der Waals surface area (Å²) in [5, 5.41) is 0. The van der Waals surface area contributed by atoms with Crippen molar-refractivity contribution in [3.05, 3.63) is 59.4 Å². The minimum absolute atomic E-state index is 0.0271. The maximum atomic E-state index is 13.2. The van der Waals surface area contributed by atoms with E-state index in [1.165, 1.54) is 4.90 Å². The molecule has 10 heteroatoms. The molecule has 2 aliphatic heterocycles. The quantitative estimate of drug-likeness (QED) is 0.601. The number of rotatable bonds is 3. The van der Waals surface area contributed by atoms with Gasteiger partial charge in [-0.05, 0) is 43.2 Å². The molecule has 0 N–H and O–H groups in total. The third-order valence-corrected chi connectivity index (χ3v) is 5.70. The van der Waals surface area contributed by atoms with Crippen LogP contribution >= 0.6 is 0 Å². The van der Waals surface area contributed by atoms with E-state index in [-0.39, 0.29) is 24.3 Å². The Labute approximate surface area is 173 Å². The van der Waals surface area contributed by atoms with Crippen molar-refractivity contribution in [1.29, 1.82) is 0 Å². The lowest BCUT2D eigenvalue weighted by atomic mass is 9.97. The van der Waals surface area contributed by atoms with Crippen LogP contribution in [-0.2, 0) is 12.4 Å². The second-order valence-electron chi connectivity index (χ2n) is 7.79. The lowest BCUT2D eigenvalue weighted by molar-refractivity contribution is -0.143. The van der Waals surface area contributed by atoms with Crippen molar-refractivity contribution in [2.75, 3.05) is 0 Å². The number of aromatic nitrogens is 1. The number of nitrogens with zero attached hydrogens (tertiary/aromatic N) is 2. The normalized spacial score (nSPS) is 23.7. The van der Waals surface area contributed by atoms with Gasteiger partial charge in [-0.15, -0.1) is 0 Å². The lowest BCUT2D eigenvalue weighted by Gasteiger charge is -2.39. The lowest BCUT2D eigenvalue weighted by Crippen LogP contribution is -2.49. The van der Waals surface area contributed by atoms with Crippen molar-refractivity contribution in [1.82, 2.24) is 9.88 Å². The number of ether oxygens (including phenoxy) is 1. The van der Waals surface area contributed by atoms with E-state index in [2.05, 4.69) is 4.98 Å². The molecule has 2 fully saturated rings. The first-order valence-electron chi connectivity index (χ1n) is 9.71. The van der Waals surface area contributed by atoms with E-state index in [1.54, 1.807) is 24.5 Å². The van der Waals surface area contributed by atoms with Crippen LogP contribution in [0.1, 0.15) is 47.2 Å². The Hall–Kier alpha value is -2.78. The van der Waals surface area contributed by atoms with Crippen LogP contribution in [0.3, 0.4) is 0 Å². The molecule has 1 aromatic heterocycles. The second kappa shape index (κ2) is 7.72. The summed E-state index contributed by atoms with van der Waals surface area (Å²) >= 11 is 0. The summed E-state index contributed by atoms with van der Waals surface area (Å²) in [5.41, 5.74) is -3.59. The highest BCUT2D eigenvalue weighted by molar-refractivity contribution is 5.95. The number of hydrogen-bond donors (Lipinski definition) is 0. The van der Waals surface area contributed by atoms with E-state index in [0.29, 0.717) is 43.6 Å². The molecule has 2 aliphatic rings. The van der Waals surface area contributed by atoms with Gasteiger partial charge in [0.25, 0.3) is 5.91 Å². The van der Waals surface area contributed by atoms with Crippen molar-refractivity contribution >= 4 is 5.91 Å². The van der Waals surface area contributed by atoms with Gasteiger partial charge in [-0.2, -0.15) is 26.3 Å². The average molecular weight is 444 g/mol. The highest BCUT2D eigenvalue weighted by Gasteiger charge is 2.45. The Bertz CT molecular complexity index is 914. The molecular formula is C21H18F6N2O2. The first-order valence-corrected chi connectivity index (χ1v) is 9.71. The van der Waals surface area contributed by atoms with Crippen molar-refractivity contribution in [3.63, 3.8) is 0 Å². The van der Waals surface area contributed by atoms with Gasteiger partial charge in [-0.3, -0.25) is 9.78 Å². The Balaban J connectivity index is 1.58. The maximum absolute atomic E-state index is 13.2. The second-order valence-corrected chi connectivity index (χ2v) is 7.79. The summed E-state index contributed by atoms with van der Waals surface area (Å²) in [6.45, 7) is 0. The van der Waals surface area contributed by atoms with Crippen LogP contribution in [-0.4, -0.2) is 34.0 Å². The third kappa shape index (κ3) is 4.47. The van der Waals surface area contributed by atoms with E-state index in [4.69, 9.17) is 4.74 Å². The molecule has 0 saturated carbocycles. The van der Waals surface area contributed by atoms with Gasteiger partial charge in [0, 0.05) is 36.7 Å². The van der Waals surface area contributed by atoms with Crippen LogP contribution in [0.15, 0.2) is 42.7 Å². The molecule has 4 rings (SSSR count). The minimum atomic E-state index is -5.00. The highest BCUT2D eigenvalue weighted by Crippen LogP contribution is 2.40. The third-order valence-electron chi connectivity index (χ3n) is 5.70. The Morgan fingerprint density at radius 2 is 1.55 bits per heavy atom. The molecule has 0 radical (unpaired) electrons. The van der Waals surface area contributed by atoms with Gasteiger partial charge in [0.1, 0.15) is 11.9 Å². The molecule has 2 saturated heterocycles. The van der Waals surface area contributed by atoms with E-state index in [1.807, 2.05) is 0 Å². The largest absolute Gasteiger partial charge is 0.489 e. The summed E-state index contributed by atoms with van der Waals surface area (Å²) in [5.74, 6) is -0.247. The molecule has 0 spiro atoms. The summed E-state index contributed by atoms with van der Waals surface area (Å²) in [6, 6.07) is 3.86. The zero-order valence-electron chi connectivity index (χ0n) is 16.1. The molecule has 2 atom stereocenters. The van der Waals surface area contributed by atoms with Crippen molar-refractivity contribution in [2.45, 2.75) is 56.2 Å². The zero-order chi connectivity index (χ0) is 22.4. The number of alkyl halides is 6. The standard InChI is InChI=1S/C21H18F6N2O2/c22-20(23,24)13-6-12(7-14(8-13)21(25,26)27)19(30)29-15-3-4-16(29)10-18(9-15)31-17-2-1-5-28-11-17/h1-2,5-8,11,15-16,18H,3-4,9-10H2. The fourth-order valence-corrected chi connectivity index (χ4v) is 4.39. The van der Waals surface area contributed by atoms with Gasteiger partial charge in [0.15, 0.2) is 0 Å². The number of hydrogen-bond acceptors (Lipinski definition) is 3. The molecule has 0 aliphatic carbocycles. The van der Waals surface area contributed by atoms with Crippen molar-refractivity contribution in [2.24, 2.45) is 0 Å². The monoisotopic (exact) mass is 444 g/mol. The van der Waals surface area contributed by atoms with E-state index in [0.717, 1.165) is 0 Å². The smallest absolute Gasteiger partial charge is 0.416 e. The molecule has 2 unspecified atom stereocenters. The Morgan fingerprint density at radius 3 is 2.03 bits per heavy atom. The molecule has 4 nitrogen and oxygen atoms in total. The number of benzene rings is 1. The van der Waals surface area contributed by atoms with Crippen LogP contribution in [0, 0.1) is 0 Å². The van der Waals surface area contributed by atoms with Gasteiger partial charge in [-0.25, -0.2) is 0 Å². The van der Waals surface area contributed by atoms with Crippen LogP contribution in [0.4, 0.5) is 26.3 Å². The molecule has 166 valence electrons. The number of amides is 1. The fraction of sp³-hybridized carbons (Fsp3) is 0.429. The molecule has 2 aromatic rings. The van der Waals surface area contributed by atoms with Crippen LogP contribution in [0.2, 0.25) is 0 Å². The van der Waals surface area contributed by atoms with Crippen LogP contribution in [0.5, 0.6) is 5.75 Å². The highest BCUT2D eigenvalue weighted by atomic mass is 19.4. The summed E-state index contributed by atoms with van der Waals surface area (Å²) in [7, 11) is 0. The van der Waals surface area contributed by atoms with E-state index >= 15 is 0 Å². The first kappa shape index (κ1) is 21.5. The molecule has 1 aromatic carbocycles. The van der Waals surface area contributed by atoms with Crippen molar-refractivity contribution < 1.29 is 35.9 Å². The zero-order valence-corrected chi connectivity index (χ0v) is 16.1. The minimum Gasteiger partial charge on any atom is -0.489 e. The van der Waals surface area contributed by atoms with E-state index in [9.17, 15) is 31.1 Å². The first-order chi connectivity index (χ1) is 14.5.